The van der Waals surface area contributed by atoms with Crippen LogP contribution in [0.25, 0.3) is 10.8 Å². The number of hydrogen-bond acceptors (Lipinski definition) is 0. The van der Waals surface area contributed by atoms with Gasteiger partial charge in [0.05, 0.1) is 12.0 Å². The predicted molar refractivity (Wildman–Crippen MR) is 142 cm³/mol. The van der Waals surface area contributed by atoms with Crippen LogP contribution in [0, 0.1) is 41.1 Å². The Morgan fingerprint density at radius 3 is 1.97 bits per heavy atom. The summed E-state index contributed by atoms with van der Waals surface area (Å²) in [7, 11) is 0. The summed E-state index contributed by atoms with van der Waals surface area (Å²) in [4.78, 5) is 0. The van der Waals surface area contributed by atoms with Gasteiger partial charge in [0.25, 0.3) is 0 Å². The highest BCUT2D eigenvalue weighted by Gasteiger charge is 2.31. The fourth-order valence-corrected chi connectivity index (χ4v) is 4.13. The molecule has 4 aromatic rings. The van der Waals surface area contributed by atoms with Crippen LogP contribution in [-0.4, -0.2) is 6.18 Å². The first kappa shape index (κ1) is 27.9. The summed E-state index contributed by atoms with van der Waals surface area (Å²) in [5.41, 5.74) is 1.57. The molecule has 0 bridgehead atoms. The van der Waals surface area contributed by atoms with E-state index in [2.05, 4.69) is 42.7 Å². The second-order valence-electron chi connectivity index (χ2n) is 9.23. The summed E-state index contributed by atoms with van der Waals surface area (Å²) in [6, 6.07) is 17.7. The van der Waals surface area contributed by atoms with Crippen LogP contribution >= 0.6 is 0 Å². The van der Waals surface area contributed by atoms with Crippen molar-refractivity contribution in [2.24, 2.45) is 0 Å². The molecule has 0 radical (unpaired) electrons. The fourth-order valence-electron chi connectivity index (χ4n) is 4.13. The highest BCUT2D eigenvalue weighted by Crippen LogP contribution is 2.26. The molecule has 0 nitrogen and oxygen atoms in total. The van der Waals surface area contributed by atoms with Crippen molar-refractivity contribution in [1.82, 2.24) is 0 Å². The molecule has 0 aliphatic heterocycles. The molecule has 0 aromatic heterocycles. The Bertz CT molecular complexity index is 1580. The van der Waals surface area contributed by atoms with Crippen molar-refractivity contribution in [2.75, 3.05) is 0 Å². The molecule has 0 unspecified atom stereocenters. The number of benzene rings is 4. The summed E-state index contributed by atoms with van der Waals surface area (Å²) < 4.78 is 80.8. The molecular weight excluding hydrogens is 510 g/mol. The van der Waals surface area contributed by atoms with E-state index < -0.39 is 35.6 Å². The minimum Gasteiger partial charge on any atom is -0.207 e. The number of unbranched alkanes of at least 4 members (excludes halogenated alkanes) is 2. The lowest BCUT2D eigenvalue weighted by molar-refractivity contribution is -0.128. The summed E-state index contributed by atoms with van der Waals surface area (Å²) in [5, 5.41) is 0.895. The summed E-state index contributed by atoms with van der Waals surface area (Å²) in [5.74, 6) is 7.84. The molecule has 0 atom stereocenters. The van der Waals surface area contributed by atoms with E-state index in [-0.39, 0.29) is 11.1 Å². The lowest BCUT2D eigenvalue weighted by Crippen LogP contribution is -2.14. The average molecular weight is 535 g/mol. The Balaban J connectivity index is 1.52. The smallest absolute Gasteiger partial charge is 0.207 e. The van der Waals surface area contributed by atoms with E-state index in [1.807, 2.05) is 12.1 Å². The zero-order chi connectivity index (χ0) is 28.0. The van der Waals surface area contributed by atoms with Crippen LogP contribution in [0.3, 0.4) is 0 Å². The minimum atomic E-state index is -4.76. The lowest BCUT2D eigenvalue weighted by Gasteiger charge is -2.08. The first-order valence-corrected chi connectivity index (χ1v) is 12.5. The Kier molecular flexibility index (Phi) is 8.67. The zero-order valence-electron chi connectivity index (χ0n) is 21.2. The van der Waals surface area contributed by atoms with Crippen molar-refractivity contribution in [1.29, 1.82) is 0 Å². The molecule has 0 aliphatic rings. The van der Waals surface area contributed by atoms with Gasteiger partial charge in [0.2, 0.25) is 0 Å². The van der Waals surface area contributed by atoms with Gasteiger partial charge in [0, 0.05) is 27.6 Å². The molecular formula is C33H24F6. The van der Waals surface area contributed by atoms with Gasteiger partial charge in [-0.15, -0.1) is 0 Å². The van der Waals surface area contributed by atoms with Crippen molar-refractivity contribution in [3.8, 4) is 23.7 Å². The van der Waals surface area contributed by atoms with Gasteiger partial charge >= 0.3 is 6.18 Å². The van der Waals surface area contributed by atoms with Crippen LogP contribution in [0.1, 0.15) is 59.6 Å². The molecule has 0 saturated carbocycles. The first-order chi connectivity index (χ1) is 18.6. The second-order valence-corrected chi connectivity index (χ2v) is 9.23. The monoisotopic (exact) mass is 534 g/mol. The van der Waals surface area contributed by atoms with E-state index in [4.69, 9.17) is 0 Å². The summed E-state index contributed by atoms with van der Waals surface area (Å²) >= 11 is 0. The highest BCUT2D eigenvalue weighted by atomic mass is 19.4. The van der Waals surface area contributed by atoms with E-state index in [9.17, 15) is 22.0 Å². The molecule has 0 aliphatic carbocycles. The van der Waals surface area contributed by atoms with Crippen molar-refractivity contribution in [2.45, 2.75) is 45.2 Å². The molecule has 0 fully saturated rings. The third-order valence-corrected chi connectivity index (χ3v) is 6.19. The van der Waals surface area contributed by atoms with Crippen molar-refractivity contribution in [3.63, 3.8) is 0 Å². The van der Waals surface area contributed by atoms with Crippen molar-refractivity contribution >= 4 is 10.8 Å². The quantitative estimate of drug-likeness (QED) is 0.136. The SMILES string of the molecule is CCCCCc1ccc(C#Cc2ccc3c(F)c(C#Cc4cc(F)c(CC(F)(F)F)c(F)c4)ccc3c2)cc1. The molecule has 0 heterocycles. The van der Waals surface area contributed by atoms with Crippen LogP contribution < -0.4 is 0 Å². The standard InChI is InChI=1S/C33H24F6/c1-2-3-4-5-22-6-8-23(9-7-22)10-11-24-13-17-28-27(18-24)16-15-26(32(28)36)14-12-25-19-30(34)29(31(35)20-25)21-33(37,38)39/h6-9,13,15-20H,2-5,21H2,1H3. The summed E-state index contributed by atoms with van der Waals surface area (Å²) in [6.45, 7) is 2.18. The number of hydrogen-bond donors (Lipinski definition) is 0. The van der Waals surface area contributed by atoms with Gasteiger partial charge in [-0.25, -0.2) is 13.2 Å². The Morgan fingerprint density at radius 2 is 1.31 bits per heavy atom. The maximum atomic E-state index is 15.1. The fraction of sp³-hybridized carbons (Fsp3) is 0.212. The van der Waals surface area contributed by atoms with E-state index >= 15 is 4.39 Å². The van der Waals surface area contributed by atoms with Gasteiger partial charge in [-0.1, -0.05) is 67.7 Å². The molecule has 39 heavy (non-hydrogen) atoms. The van der Waals surface area contributed by atoms with E-state index in [0.717, 1.165) is 18.4 Å². The Hall–Kier alpha value is -4.16. The van der Waals surface area contributed by atoms with Crippen LogP contribution in [-0.2, 0) is 12.8 Å². The third-order valence-electron chi connectivity index (χ3n) is 6.19. The molecule has 6 heteroatoms. The molecule has 4 aromatic carbocycles. The molecule has 0 N–H and O–H groups in total. The molecule has 0 saturated heterocycles. The zero-order valence-corrected chi connectivity index (χ0v) is 21.2. The molecule has 0 spiro atoms. The summed E-state index contributed by atoms with van der Waals surface area (Å²) in [6.07, 6.45) is -1.88. The number of rotatable bonds is 5. The second kappa shape index (κ2) is 12.1. The van der Waals surface area contributed by atoms with Gasteiger partial charge in [0.1, 0.15) is 17.5 Å². The Labute approximate surface area is 223 Å². The topological polar surface area (TPSA) is 0 Å². The lowest BCUT2D eigenvalue weighted by atomic mass is 10.0. The number of alkyl halides is 3. The maximum Gasteiger partial charge on any atom is 0.393 e. The van der Waals surface area contributed by atoms with Crippen LogP contribution in [0.2, 0.25) is 0 Å². The van der Waals surface area contributed by atoms with Crippen molar-refractivity contribution in [3.05, 3.63) is 118 Å². The average Bonchev–Trinajstić information content (AvgIpc) is 2.89. The van der Waals surface area contributed by atoms with Gasteiger partial charge in [-0.05, 0) is 66.3 Å². The van der Waals surface area contributed by atoms with Crippen LogP contribution in [0.15, 0.2) is 66.7 Å². The molecule has 198 valence electrons. The Morgan fingerprint density at radius 1 is 0.667 bits per heavy atom. The molecule has 0 amide bonds. The van der Waals surface area contributed by atoms with Gasteiger partial charge in [-0.3, -0.25) is 0 Å². The van der Waals surface area contributed by atoms with Crippen LogP contribution in [0.5, 0.6) is 0 Å². The van der Waals surface area contributed by atoms with Crippen molar-refractivity contribution < 1.29 is 26.3 Å². The van der Waals surface area contributed by atoms with Crippen LogP contribution in [0.4, 0.5) is 26.3 Å². The highest BCUT2D eigenvalue weighted by molar-refractivity contribution is 5.86. The largest absolute Gasteiger partial charge is 0.393 e. The van der Waals surface area contributed by atoms with E-state index in [1.54, 1.807) is 24.3 Å². The predicted octanol–water partition coefficient (Wildman–Crippen LogP) is 8.89. The van der Waals surface area contributed by atoms with Gasteiger partial charge < -0.3 is 0 Å². The number of aryl methyl sites for hydroxylation is 1. The number of fused-ring (bicyclic) bond motifs is 1. The third kappa shape index (κ3) is 7.45. The van der Waals surface area contributed by atoms with Gasteiger partial charge in [0.15, 0.2) is 0 Å². The molecule has 4 rings (SSSR count). The minimum absolute atomic E-state index is 0.0134. The van der Waals surface area contributed by atoms with E-state index in [1.165, 1.54) is 24.5 Å². The normalized spacial score (nSPS) is 11.1. The number of halogens is 6. The first-order valence-electron chi connectivity index (χ1n) is 12.5. The van der Waals surface area contributed by atoms with Gasteiger partial charge in [-0.2, -0.15) is 13.2 Å². The van der Waals surface area contributed by atoms with E-state index in [0.29, 0.717) is 28.5 Å². The maximum absolute atomic E-state index is 15.1.